The fraction of sp³-hybridized carbons (Fsp3) is 0.533. The summed E-state index contributed by atoms with van der Waals surface area (Å²) < 4.78 is 5.14. The van der Waals surface area contributed by atoms with Crippen LogP contribution in [0.25, 0.3) is 0 Å². The summed E-state index contributed by atoms with van der Waals surface area (Å²) in [5.41, 5.74) is 6.69. The van der Waals surface area contributed by atoms with Crippen LogP contribution in [0.4, 0.5) is 0 Å². The van der Waals surface area contributed by atoms with Crippen molar-refractivity contribution in [3.8, 4) is 0 Å². The molecule has 0 aliphatic carbocycles. The average molecular weight is 264 g/mol. The summed E-state index contributed by atoms with van der Waals surface area (Å²) in [6.07, 6.45) is 0. The predicted molar refractivity (Wildman–Crippen MR) is 76.9 cm³/mol. The first-order valence-electron chi connectivity index (χ1n) is 6.64. The summed E-state index contributed by atoms with van der Waals surface area (Å²) in [4.78, 5) is 12.3. The molecule has 0 radical (unpaired) electrons. The molecule has 0 saturated heterocycles. The number of amides is 1. The standard InChI is InChI=1S/C15H24N2O2/c1-11(2)14(10-19-3)17-15(18)13(9-16)12-7-5-4-6-8-12/h4-8,11,13-14H,9-10,16H2,1-3H3,(H,17,18). The van der Waals surface area contributed by atoms with Crippen molar-refractivity contribution in [2.75, 3.05) is 20.3 Å². The van der Waals surface area contributed by atoms with Crippen LogP contribution in [0.15, 0.2) is 30.3 Å². The second-order valence-electron chi connectivity index (χ2n) is 5.01. The van der Waals surface area contributed by atoms with Gasteiger partial charge in [-0.2, -0.15) is 0 Å². The van der Waals surface area contributed by atoms with Crippen molar-refractivity contribution in [2.24, 2.45) is 11.7 Å². The van der Waals surface area contributed by atoms with Gasteiger partial charge in [0.25, 0.3) is 0 Å². The number of benzene rings is 1. The van der Waals surface area contributed by atoms with E-state index in [4.69, 9.17) is 10.5 Å². The van der Waals surface area contributed by atoms with Crippen LogP contribution in [0.5, 0.6) is 0 Å². The van der Waals surface area contributed by atoms with Crippen LogP contribution in [-0.4, -0.2) is 32.2 Å². The molecule has 0 heterocycles. The molecule has 106 valence electrons. The van der Waals surface area contributed by atoms with Gasteiger partial charge in [0, 0.05) is 13.7 Å². The molecule has 0 aromatic heterocycles. The summed E-state index contributed by atoms with van der Waals surface area (Å²) >= 11 is 0. The highest BCUT2D eigenvalue weighted by molar-refractivity contribution is 5.84. The number of carbonyl (C=O) groups is 1. The Morgan fingerprint density at radius 3 is 2.42 bits per heavy atom. The SMILES string of the molecule is COCC(NC(=O)C(CN)c1ccccc1)C(C)C. The maximum Gasteiger partial charge on any atom is 0.229 e. The van der Waals surface area contributed by atoms with Gasteiger partial charge in [-0.15, -0.1) is 0 Å². The number of methoxy groups -OCH3 is 1. The summed E-state index contributed by atoms with van der Waals surface area (Å²) in [5, 5.41) is 3.02. The van der Waals surface area contributed by atoms with Gasteiger partial charge in [-0.1, -0.05) is 44.2 Å². The first-order valence-corrected chi connectivity index (χ1v) is 6.64. The maximum absolute atomic E-state index is 12.3. The number of nitrogens with two attached hydrogens (primary N) is 1. The molecule has 0 bridgehead atoms. The minimum atomic E-state index is -0.306. The highest BCUT2D eigenvalue weighted by Gasteiger charge is 2.23. The van der Waals surface area contributed by atoms with Gasteiger partial charge in [0.15, 0.2) is 0 Å². The van der Waals surface area contributed by atoms with E-state index in [1.165, 1.54) is 0 Å². The molecule has 1 amide bonds. The molecule has 0 aliphatic rings. The molecule has 1 aromatic rings. The third-order valence-corrected chi connectivity index (χ3v) is 3.23. The number of rotatable bonds is 7. The van der Waals surface area contributed by atoms with E-state index in [9.17, 15) is 4.79 Å². The van der Waals surface area contributed by atoms with Crippen LogP contribution < -0.4 is 11.1 Å². The van der Waals surface area contributed by atoms with Crippen molar-refractivity contribution in [2.45, 2.75) is 25.8 Å². The van der Waals surface area contributed by atoms with Crippen molar-refractivity contribution >= 4 is 5.91 Å². The second-order valence-corrected chi connectivity index (χ2v) is 5.01. The lowest BCUT2D eigenvalue weighted by atomic mass is 9.97. The van der Waals surface area contributed by atoms with Gasteiger partial charge in [0.05, 0.1) is 18.6 Å². The fourth-order valence-electron chi connectivity index (χ4n) is 1.94. The quantitative estimate of drug-likeness (QED) is 0.784. The Morgan fingerprint density at radius 2 is 1.95 bits per heavy atom. The van der Waals surface area contributed by atoms with Gasteiger partial charge in [-0.05, 0) is 11.5 Å². The molecule has 2 unspecified atom stereocenters. The zero-order valence-electron chi connectivity index (χ0n) is 11.9. The van der Waals surface area contributed by atoms with Gasteiger partial charge in [0.2, 0.25) is 5.91 Å². The number of ether oxygens (including phenoxy) is 1. The lowest BCUT2D eigenvalue weighted by Crippen LogP contribution is -2.45. The van der Waals surface area contributed by atoms with Crippen LogP contribution in [0.3, 0.4) is 0 Å². The van der Waals surface area contributed by atoms with Gasteiger partial charge >= 0.3 is 0 Å². The summed E-state index contributed by atoms with van der Waals surface area (Å²) in [5.74, 6) is -0.0261. The van der Waals surface area contributed by atoms with Crippen molar-refractivity contribution < 1.29 is 9.53 Å². The average Bonchev–Trinajstić information content (AvgIpc) is 2.40. The zero-order valence-corrected chi connectivity index (χ0v) is 11.9. The molecule has 19 heavy (non-hydrogen) atoms. The largest absolute Gasteiger partial charge is 0.383 e. The van der Waals surface area contributed by atoms with Crippen LogP contribution in [0, 0.1) is 5.92 Å². The lowest BCUT2D eigenvalue weighted by molar-refractivity contribution is -0.123. The van der Waals surface area contributed by atoms with Crippen LogP contribution in [0.1, 0.15) is 25.3 Å². The van der Waals surface area contributed by atoms with E-state index in [0.29, 0.717) is 19.1 Å². The highest BCUT2D eigenvalue weighted by Crippen LogP contribution is 2.15. The van der Waals surface area contributed by atoms with Crippen molar-refractivity contribution in [3.05, 3.63) is 35.9 Å². The van der Waals surface area contributed by atoms with E-state index in [2.05, 4.69) is 19.2 Å². The van der Waals surface area contributed by atoms with E-state index < -0.39 is 0 Å². The first-order chi connectivity index (χ1) is 9.10. The molecule has 1 rings (SSSR count). The number of hydrogen-bond donors (Lipinski definition) is 2. The molecule has 2 atom stereocenters. The van der Waals surface area contributed by atoms with E-state index in [1.54, 1.807) is 7.11 Å². The number of carbonyl (C=O) groups excluding carboxylic acids is 1. The van der Waals surface area contributed by atoms with Crippen LogP contribution in [0.2, 0.25) is 0 Å². The summed E-state index contributed by atoms with van der Waals surface area (Å²) in [6, 6.07) is 9.63. The second kappa shape index (κ2) is 7.92. The molecule has 1 aromatic carbocycles. The minimum absolute atomic E-state index is 0.00950. The van der Waals surface area contributed by atoms with Gasteiger partial charge in [0.1, 0.15) is 0 Å². The first kappa shape index (κ1) is 15.7. The maximum atomic E-state index is 12.3. The Morgan fingerprint density at radius 1 is 1.32 bits per heavy atom. The predicted octanol–water partition coefficient (Wildman–Crippen LogP) is 1.52. The third-order valence-electron chi connectivity index (χ3n) is 3.23. The van der Waals surface area contributed by atoms with Crippen molar-refractivity contribution in [3.63, 3.8) is 0 Å². The van der Waals surface area contributed by atoms with Crippen LogP contribution >= 0.6 is 0 Å². The van der Waals surface area contributed by atoms with Crippen molar-refractivity contribution in [1.29, 1.82) is 0 Å². The monoisotopic (exact) mass is 264 g/mol. The molecule has 0 fully saturated rings. The molecule has 4 nitrogen and oxygen atoms in total. The third kappa shape index (κ3) is 4.65. The summed E-state index contributed by atoms with van der Waals surface area (Å²) in [7, 11) is 1.64. The number of hydrogen-bond acceptors (Lipinski definition) is 3. The highest BCUT2D eigenvalue weighted by atomic mass is 16.5. The molecular formula is C15H24N2O2. The Bertz CT molecular complexity index is 379. The molecular weight excluding hydrogens is 240 g/mol. The Labute approximate surface area is 115 Å². The van der Waals surface area contributed by atoms with Gasteiger partial charge in [-0.3, -0.25) is 4.79 Å². The fourth-order valence-corrected chi connectivity index (χ4v) is 1.94. The van der Waals surface area contributed by atoms with E-state index >= 15 is 0 Å². The van der Waals surface area contributed by atoms with Crippen LogP contribution in [-0.2, 0) is 9.53 Å². The molecule has 3 N–H and O–H groups in total. The van der Waals surface area contributed by atoms with E-state index in [-0.39, 0.29) is 17.9 Å². The smallest absolute Gasteiger partial charge is 0.229 e. The van der Waals surface area contributed by atoms with E-state index in [1.807, 2.05) is 30.3 Å². The van der Waals surface area contributed by atoms with E-state index in [0.717, 1.165) is 5.56 Å². The Balaban J connectivity index is 2.74. The molecule has 0 saturated carbocycles. The zero-order chi connectivity index (χ0) is 14.3. The summed E-state index contributed by atoms with van der Waals surface area (Å²) in [6.45, 7) is 4.93. The Kier molecular flexibility index (Phi) is 6.53. The van der Waals surface area contributed by atoms with Gasteiger partial charge in [-0.25, -0.2) is 0 Å². The van der Waals surface area contributed by atoms with Crippen molar-refractivity contribution in [1.82, 2.24) is 5.32 Å². The molecule has 0 aliphatic heterocycles. The topological polar surface area (TPSA) is 64.3 Å². The Hall–Kier alpha value is -1.39. The van der Waals surface area contributed by atoms with Gasteiger partial charge < -0.3 is 15.8 Å². The lowest BCUT2D eigenvalue weighted by Gasteiger charge is -2.24. The molecule has 0 spiro atoms. The normalized spacial score (nSPS) is 14.2. The minimum Gasteiger partial charge on any atom is -0.383 e. The number of nitrogens with one attached hydrogen (secondary N) is 1. The molecule has 4 heteroatoms.